The number of aryl methyl sites for hydroxylation is 1. The van der Waals surface area contributed by atoms with E-state index in [1.807, 2.05) is 50.2 Å². The number of ether oxygens (including phenoxy) is 2. The summed E-state index contributed by atoms with van der Waals surface area (Å²) in [5.74, 6) is 1.07. The zero-order chi connectivity index (χ0) is 23.9. The van der Waals surface area contributed by atoms with E-state index in [9.17, 15) is 4.79 Å². The van der Waals surface area contributed by atoms with E-state index in [4.69, 9.17) is 9.47 Å². The first-order chi connectivity index (χ1) is 16.5. The molecule has 0 fully saturated rings. The highest BCUT2D eigenvalue weighted by Crippen LogP contribution is 2.34. The third kappa shape index (κ3) is 5.94. The Morgan fingerprint density at radius 2 is 1.74 bits per heavy atom. The molecule has 0 atom stereocenters. The number of carbonyl (C=O) groups excluding carboxylic acids is 1. The summed E-state index contributed by atoms with van der Waals surface area (Å²) in [6.07, 6.45) is 1.60. The summed E-state index contributed by atoms with van der Waals surface area (Å²) >= 11 is 2.23. The zero-order valence-corrected chi connectivity index (χ0v) is 21.2. The molecule has 4 aromatic rings. The Kier molecular flexibility index (Phi) is 7.80. The van der Waals surface area contributed by atoms with E-state index in [1.54, 1.807) is 18.3 Å². The lowest BCUT2D eigenvalue weighted by atomic mass is 10.1. The second-order valence-electron chi connectivity index (χ2n) is 7.80. The molecule has 4 aromatic carbocycles. The summed E-state index contributed by atoms with van der Waals surface area (Å²) in [6.45, 7) is 4.85. The highest BCUT2D eigenvalue weighted by atomic mass is 127. The lowest BCUT2D eigenvalue weighted by Crippen LogP contribution is -2.17. The average Bonchev–Trinajstić information content (AvgIpc) is 2.84. The smallest absolute Gasteiger partial charge is 0.271 e. The molecule has 0 heterocycles. The maximum absolute atomic E-state index is 12.3. The van der Waals surface area contributed by atoms with Crippen LogP contribution in [-0.4, -0.2) is 18.7 Å². The van der Waals surface area contributed by atoms with Gasteiger partial charge in [0.25, 0.3) is 5.91 Å². The average molecular weight is 564 g/mol. The van der Waals surface area contributed by atoms with Gasteiger partial charge in [-0.25, -0.2) is 5.43 Å². The van der Waals surface area contributed by atoms with Gasteiger partial charge in [0.1, 0.15) is 6.61 Å². The molecule has 0 bridgehead atoms. The van der Waals surface area contributed by atoms with Crippen molar-refractivity contribution in [1.82, 2.24) is 5.43 Å². The number of hydrazone groups is 1. The number of amides is 1. The summed E-state index contributed by atoms with van der Waals surface area (Å²) in [5, 5.41) is 6.50. The van der Waals surface area contributed by atoms with E-state index in [0.29, 0.717) is 30.3 Å². The number of halogens is 1. The summed E-state index contributed by atoms with van der Waals surface area (Å²) in [5.41, 5.74) is 6.11. The van der Waals surface area contributed by atoms with Crippen molar-refractivity contribution in [2.75, 3.05) is 6.61 Å². The van der Waals surface area contributed by atoms with E-state index in [0.717, 1.165) is 20.3 Å². The molecule has 5 nitrogen and oxygen atoms in total. The fraction of sp³-hybridized carbons (Fsp3) is 0.143. The fourth-order valence-corrected chi connectivity index (χ4v) is 4.27. The molecule has 1 N–H and O–H groups in total. The maximum Gasteiger partial charge on any atom is 0.271 e. The molecule has 0 aliphatic rings. The monoisotopic (exact) mass is 564 g/mol. The number of hydrogen-bond donors (Lipinski definition) is 1. The second kappa shape index (κ2) is 11.2. The van der Waals surface area contributed by atoms with Crippen LogP contribution in [0.4, 0.5) is 0 Å². The zero-order valence-electron chi connectivity index (χ0n) is 19.0. The van der Waals surface area contributed by atoms with E-state index in [-0.39, 0.29) is 5.91 Å². The van der Waals surface area contributed by atoms with Crippen molar-refractivity contribution in [2.45, 2.75) is 20.5 Å². The topological polar surface area (TPSA) is 59.9 Å². The molecule has 34 heavy (non-hydrogen) atoms. The van der Waals surface area contributed by atoms with Crippen LogP contribution in [0.2, 0.25) is 0 Å². The molecule has 0 spiro atoms. The van der Waals surface area contributed by atoms with Gasteiger partial charge in [0.05, 0.1) is 16.4 Å². The highest BCUT2D eigenvalue weighted by molar-refractivity contribution is 14.1. The number of nitrogens with one attached hydrogen (secondary N) is 1. The van der Waals surface area contributed by atoms with E-state index >= 15 is 0 Å². The lowest BCUT2D eigenvalue weighted by Gasteiger charge is -2.15. The number of hydrogen-bond acceptors (Lipinski definition) is 4. The lowest BCUT2D eigenvalue weighted by molar-refractivity contribution is 0.0955. The van der Waals surface area contributed by atoms with Crippen LogP contribution in [0.1, 0.15) is 34.0 Å². The minimum absolute atomic E-state index is 0.258. The third-order valence-corrected chi connectivity index (χ3v) is 6.02. The Hall–Kier alpha value is -3.39. The van der Waals surface area contributed by atoms with Gasteiger partial charge in [-0.15, -0.1) is 0 Å². The van der Waals surface area contributed by atoms with Crippen LogP contribution in [0.25, 0.3) is 10.8 Å². The van der Waals surface area contributed by atoms with Crippen LogP contribution in [-0.2, 0) is 6.61 Å². The fourth-order valence-electron chi connectivity index (χ4n) is 3.48. The number of nitrogens with zero attached hydrogens (tertiary/aromatic N) is 1. The normalized spacial score (nSPS) is 11.0. The van der Waals surface area contributed by atoms with Crippen molar-refractivity contribution in [3.63, 3.8) is 0 Å². The van der Waals surface area contributed by atoms with Gasteiger partial charge in [-0.2, -0.15) is 5.10 Å². The predicted octanol–water partition coefficient (Wildman–Crippen LogP) is 6.49. The van der Waals surface area contributed by atoms with Crippen LogP contribution >= 0.6 is 22.6 Å². The number of fused-ring (bicyclic) bond motifs is 1. The quantitative estimate of drug-likeness (QED) is 0.151. The van der Waals surface area contributed by atoms with Crippen LogP contribution < -0.4 is 14.9 Å². The molecule has 0 saturated heterocycles. The van der Waals surface area contributed by atoms with Crippen LogP contribution in [0, 0.1) is 10.5 Å². The van der Waals surface area contributed by atoms with Gasteiger partial charge < -0.3 is 9.47 Å². The Morgan fingerprint density at radius 3 is 2.50 bits per heavy atom. The standard InChI is InChI=1S/C28H25IN2O3/c1-3-33-26-16-21(17-30-31-28(32)23-11-8-19(2)9-12-23)15-25(29)27(26)34-18-20-10-13-22-6-4-5-7-24(22)14-20/h4-17H,3,18H2,1-2H3,(H,31,32)/b30-17+. The van der Waals surface area contributed by atoms with Crippen molar-refractivity contribution >= 4 is 45.5 Å². The van der Waals surface area contributed by atoms with Crippen molar-refractivity contribution < 1.29 is 14.3 Å². The Labute approximate surface area is 212 Å². The van der Waals surface area contributed by atoms with Crippen LogP contribution in [0.15, 0.2) is 84.0 Å². The molecular weight excluding hydrogens is 539 g/mol. The summed E-state index contributed by atoms with van der Waals surface area (Å²) < 4.78 is 12.9. The van der Waals surface area contributed by atoms with E-state index in [2.05, 4.69) is 63.4 Å². The first-order valence-electron chi connectivity index (χ1n) is 11.0. The summed E-state index contributed by atoms with van der Waals surface area (Å²) in [6, 6.07) is 25.7. The largest absolute Gasteiger partial charge is 0.490 e. The molecule has 0 aromatic heterocycles. The van der Waals surface area contributed by atoms with Crippen molar-refractivity contribution in [2.24, 2.45) is 5.10 Å². The molecule has 1 amide bonds. The number of carbonyl (C=O) groups is 1. The van der Waals surface area contributed by atoms with Gasteiger partial charge in [0.15, 0.2) is 11.5 Å². The molecule has 0 radical (unpaired) electrons. The highest BCUT2D eigenvalue weighted by Gasteiger charge is 2.13. The SMILES string of the molecule is CCOc1cc(/C=N/NC(=O)c2ccc(C)cc2)cc(I)c1OCc1ccc2ccccc2c1. The molecule has 172 valence electrons. The minimum Gasteiger partial charge on any atom is -0.490 e. The van der Waals surface area contributed by atoms with Crippen molar-refractivity contribution in [3.05, 3.63) is 105 Å². The van der Waals surface area contributed by atoms with Crippen molar-refractivity contribution in [3.8, 4) is 11.5 Å². The predicted molar refractivity (Wildman–Crippen MR) is 145 cm³/mol. The van der Waals surface area contributed by atoms with Crippen molar-refractivity contribution in [1.29, 1.82) is 0 Å². The number of benzene rings is 4. The molecule has 0 aliphatic carbocycles. The molecular formula is C28H25IN2O3. The molecule has 0 unspecified atom stereocenters. The van der Waals surface area contributed by atoms with Gasteiger partial charge in [0, 0.05) is 5.56 Å². The summed E-state index contributed by atoms with van der Waals surface area (Å²) in [4.78, 5) is 12.3. The van der Waals surface area contributed by atoms with Crippen LogP contribution in [0.3, 0.4) is 0 Å². The molecule has 6 heteroatoms. The third-order valence-electron chi connectivity index (χ3n) is 5.22. The van der Waals surface area contributed by atoms with E-state index < -0.39 is 0 Å². The minimum atomic E-state index is -0.258. The first-order valence-corrected chi connectivity index (χ1v) is 12.1. The van der Waals surface area contributed by atoms with Gasteiger partial charge >= 0.3 is 0 Å². The van der Waals surface area contributed by atoms with Gasteiger partial charge in [-0.05, 0) is 88.7 Å². The van der Waals surface area contributed by atoms with Gasteiger partial charge in [0.2, 0.25) is 0 Å². The van der Waals surface area contributed by atoms with Crippen LogP contribution in [0.5, 0.6) is 11.5 Å². The maximum atomic E-state index is 12.3. The second-order valence-corrected chi connectivity index (χ2v) is 8.96. The first kappa shape index (κ1) is 23.8. The van der Waals surface area contributed by atoms with E-state index in [1.165, 1.54) is 10.8 Å². The van der Waals surface area contributed by atoms with Gasteiger partial charge in [-0.3, -0.25) is 4.79 Å². The Bertz CT molecular complexity index is 1330. The Morgan fingerprint density at radius 1 is 0.971 bits per heavy atom. The summed E-state index contributed by atoms with van der Waals surface area (Å²) in [7, 11) is 0. The number of rotatable bonds is 8. The molecule has 4 rings (SSSR count). The molecule has 0 aliphatic heterocycles. The molecule has 0 saturated carbocycles. The van der Waals surface area contributed by atoms with Gasteiger partial charge in [-0.1, -0.05) is 54.1 Å². The Balaban J connectivity index is 1.47.